The Kier molecular flexibility index (Phi) is 7.48. The summed E-state index contributed by atoms with van der Waals surface area (Å²) in [5.41, 5.74) is 2.65. The molecule has 1 heterocycles. The van der Waals surface area contributed by atoms with E-state index in [0.29, 0.717) is 26.2 Å². The van der Waals surface area contributed by atoms with Gasteiger partial charge < -0.3 is 24.5 Å². The zero-order valence-corrected chi connectivity index (χ0v) is 17.6. The van der Waals surface area contributed by atoms with Crippen molar-refractivity contribution < 1.29 is 24.2 Å². The van der Waals surface area contributed by atoms with Crippen molar-refractivity contribution >= 4 is 23.7 Å². The van der Waals surface area contributed by atoms with Crippen LogP contribution in [0.2, 0.25) is 0 Å². The van der Waals surface area contributed by atoms with Gasteiger partial charge in [-0.3, -0.25) is 9.59 Å². The number of piperazine rings is 1. The van der Waals surface area contributed by atoms with Crippen LogP contribution in [0.5, 0.6) is 0 Å². The van der Waals surface area contributed by atoms with Gasteiger partial charge >= 0.3 is 12.1 Å². The summed E-state index contributed by atoms with van der Waals surface area (Å²) in [6, 6.07) is 16.8. The molecule has 0 bridgehead atoms. The van der Waals surface area contributed by atoms with Crippen LogP contribution < -0.4 is 4.90 Å². The number of anilines is 1. The summed E-state index contributed by atoms with van der Waals surface area (Å²) in [6.07, 6.45) is -0.526. The second kappa shape index (κ2) is 10.5. The van der Waals surface area contributed by atoms with E-state index in [4.69, 9.17) is 9.84 Å². The van der Waals surface area contributed by atoms with Crippen molar-refractivity contribution in [2.24, 2.45) is 0 Å². The van der Waals surface area contributed by atoms with Gasteiger partial charge in [0.05, 0.1) is 6.42 Å². The molecule has 1 fully saturated rings. The first-order chi connectivity index (χ1) is 14.9. The average Bonchev–Trinajstić information content (AvgIpc) is 2.78. The van der Waals surface area contributed by atoms with Crippen LogP contribution in [0.25, 0.3) is 0 Å². The molecule has 0 atom stereocenters. The Balaban J connectivity index is 1.43. The Morgan fingerprint density at radius 3 is 2.19 bits per heavy atom. The lowest BCUT2D eigenvalue weighted by Crippen LogP contribution is -2.51. The van der Waals surface area contributed by atoms with Gasteiger partial charge in [0, 0.05) is 38.9 Å². The van der Waals surface area contributed by atoms with Crippen molar-refractivity contribution in [2.75, 3.05) is 44.7 Å². The average molecular weight is 425 g/mol. The van der Waals surface area contributed by atoms with Gasteiger partial charge in [0.25, 0.3) is 0 Å². The molecule has 2 amide bonds. The van der Waals surface area contributed by atoms with Gasteiger partial charge in [0.1, 0.15) is 13.2 Å². The van der Waals surface area contributed by atoms with E-state index >= 15 is 0 Å². The molecule has 1 aliphatic rings. The fourth-order valence-corrected chi connectivity index (χ4v) is 3.41. The molecule has 0 aromatic heterocycles. The second-order valence-corrected chi connectivity index (χ2v) is 7.50. The number of likely N-dealkylation sites (N-methyl/N-ethyl adjacent to an activating group) is 1. The summed E-state index contributed by atoms with van der Waals surface area (Å²) >= 11 is 0. The molecule has 3 rings (SSSR count). The van der Waals surface area contributed by atoms with E-state index in [1.807, 2.05) is 54.6 Å². The van der Waals surface area contributed by atoms with Gasteiger partial charge in [-0.2, -0.15) is 0 Å². The van der Waals surface area contributed by atoms with Crippen LogP contribution in [-0.2, 0) is 27.4 Å². The van der Waals surface area contributed by atoms with Gasteiger partial charge in [-0.15, -0.1) is 0 Å². The third kappa shape index (κ3) is 6.47. The SMILES string of the molecule is CN(CC(=O)N1CCN(c2ccc(CC(=O)O)cc2)CC1)C(=O)OCc1ccccc1. The highest BCUT2D eigenvalue weighted by molar-refractivity contribution is 5.82. The molecule has 8 nitrogen and oxygen atoms in total. The molecular weight excluding hydrogens is 398 g/mol. The van der Waals surface area contributed by atoms with Crippen LogP contribution >= 0.6 is 0 Å². The minimum Gasteiger partial charge on any atom is -0.481 e. The molecule has 0 saturated carbocycles. The summed E-state index contributed by atoms with van der Waals surface area (Å²) in [6.45, 7) is 2.60. The standard InChI is InChI=1S/C23H27N3O5/c1-24(23(30)31-17-19-5-3-2-4-6-19)16-21(27)26-13-11-25(12-14-26)20-9-7-18(8-10-20)15-22(28)29/h2-10H,11-17H2,1H3,(H,28,29). The van der Waals surface area contributed by atoms with Crippen molar-refractivity contribution in [2.45, 2.75) is 13.0 Å². The first-order valence-corrected chi connectivity index (χ1v) is 10.2. The number of hydrogen-bond donors (Lipinski definition) is 1. The van der Waals surface area contributed by atoms with Crippen molar-refractivity contribution in [1.29, 1.82) is 0 Å². The van der Waals surface area contributed by atoms with Gasteiger partial charge in [0.2, 0.25) is 5.91 Å². The van der Waals surface area contributed by atoms with E-state index in [0.717, 1.165) is 16.8 Å². The smallest absolute Gasteiger partial charge is 0.410 e. The van der Waals surface area contributed by atoms with Crippen molar-refractivity contribution in [1.82, 2.24) is 9.80 Å². The first-order valence-electron chi connectivity index (χ1n) is 10.2. The van der Waals surface area contributed by atoms with Crippen molar-refractivity contribution in [3.63, 3.8) is 0 Å². The first kappa shape index (κ1) is 22.1. The lowest BCUT2D eigenvalue weighted by Gasteiger charge is -2.36. The number of benzene rings is 2. The molecule has 0 spiro atoms. The minimum absolute atomic E-state index is 0.00383. The summed E-state index contributed by atoms with van der Waals surface area (Å²) < 4.78 is 5.26. The Bertz CT molecular complexity index is 893. The minimum atomic E-state index is -0.853. The van der Waals surface area contributed by atoms with Crippen LogP contribution in [0.15, 0.2) is 54.6 Å². The summed E-state index contributed by atoms with van der Waals surface area (Å²) in [4.78, 5) is 40.7. The number of aliphatic carboxylic acids is 1. The lowest BCUT2D eigenvalue weighted by molar-refractivity contribution is -0.136. The highest BCUT2D eigenvalue weighted by Gasteiger charge is 2.24. The molecule has 2 aromatic rings. The van der Waals surface area contributed by atoms with Gasteiger partial charge in [-0.25, -0.2) is 4.79 Å². The van der Waals surface area contributed by atoms with Crippen molar-refractivity contribution in [3.05, 3.63) is 65.7 Å². The van der Waals surface area contributed by atoms with Crippen LogP contribution in [-0.4, -0.2) is 72.6 Å². The Labute approximate surface area is 181 Å². The molecule has 31 heavy (non-hydrogen) atoms. The Morgan fingerprint density at radius 2 is 1.58 bits per heavy atom. The molecule has 0 radical (unpaired) electrons. The largest absolute Gasteiger partial charge is 0.481 e. The second-order valence-electron chi connectivity index (χ2n) is 7.50. The molecule has 1 saturated heterocycles. The maximum absolute atomic E-state index is 12.6. The van der Waals surface area contributed by atoms with Gasteiger partial charge in [-0.05, 0) is 23.3 Å². The maximum atomic E-state index is 12.6. The summed E-state index contributed by atoms with van der Waals surface area (Å²) in [5.74, 6) is -0.968. The van der Waals surface area contributed by atoms with Crippen LogP contribution in [0, 0.1) is 0 Å². The van der Waals surface area contributed by atoms with E-state index in [-0.39, 0.29) is 25.5 Å². The van der Waals surface area contributed by atoms with E-state index in [9.17, 15) is 14.4 Å². The van der Waals surface area contributed by atoms with Crippen LogP contribution in [0.3, 0.4) is 0 Å². The Morgan fingerprint density at radius 1 is 0.935 bits per heavy atom. The molecule has 1 N–H and O–H groups in total. The number of hydrogen-bond acceptors (Lipinski definition) is 5. The molecule has 0 aliphatic carbocycles. The number of carbonyl (C=O) groups is 3. The number of ether oxygens (including phenoxy) is 1. The summed E-state index contributed by atoms with van der Waals surface area (Å²) in [5, 5.41) is 8.86. The molecule has 2 aromatic carbocycles. The molecular formula is C23H27N3O5. The summed E-state index contributed by atoms with van der Waals surface area (Å²) in [7, 11) is 1.56. The number of amides is 2. The monoisotopic (exact) mass is 425 g/mol. The van der Waals surface area contributed by atoms with Gasteiger partial charge in [-0.1, -0.05) is 42.5 Å². The van der Waals surface area contributed by atoms with E-state index in [1.165, 1.54) is 4.90 Å². The van der Waals surface area contributed by atoms with Crippen molar-refractivity contribution in [3.8, 4) is 0 Å². The normalized spacial score (nSPS) is 13.6. The van der Waals surface area contributed by atoms with Gasteiger partial charge in [0.15, 0.2) is 0 Å². The predicted octanol–water partition coefficient (Wildman–Crippen LogP) is 2.23. The highest BCUT2D eigenvalue weighted by atomic mass is 16.6. The van der Waals surface area contributed by atoms with E-state index < -0.39 is 12.1 Å². The maximum Gasteiger partial charge on any atom is 0.410 e. The zero-order valence-electron chi connectivity index (χ0n) is 17.6. The highest BCUT2D eigenvalue weighted by Crippen LogP contribution is 2.18. The van der Waals surface area contributed by atoms with Crippen LogP contribution in [0.4, 0.5) is 10.5 Å². The topological polar surface area (TPSA) is 90.4 Å². The van der Waals surface area contributed by atoms with E-state index in [1.54, 1.807) is 11.9 Å². The number of nitrogens with zero attached hydrogens (tertiary/aromatic N) is 3. The molecule has 1 aliphatic heterocycles. The number of carboxylic acid groups (broad SMARTS) is 1. The third-order valence-corrected chi connectivity index (χ3v) is 5.18. The number of carboxylic acids is 1. The predicted molar refractivity (Wildman–Crippen MR) is 116 cm³/mol. The fraction of sp³-hybridized carbons (Fsp3) is 0.348. The lowest BCUT2D eigenvalue weighted by atomic mass is 10.1. The van der Waals surface area contributed by atoms with Crippen LogP contribution in [0.1, 0.15) is 11.1 Å². The van der Waals surface area contributed by atoms with E-state index in [2.05, 4.69) is 4.90 Å². The molecule has 8 heteroatoms. The molecule has 164 valence electrons. The number of carbonyl (C=O) groups excluding carboxylic acids is 2. The molecule has 0 unspecified atom stereocenters. The quantitative estimate of drug-likeness (QED) is 0.732. The third-order valence-electron chi connectivity index (χ3n) is 5.18. The Hall–Kier alpha value is -3.55. The zero-order chi connectivity index (χ0) is 22.2. The number of rotatable bonds is 7. The fourth-order valence-electron chi connectivity index (χ4n) is 3.41.